The van der Waals surface area contributed by atoms with Crippen LogP contribution in [0.4, 0.5) is 22.0 Å². The Morgan fingerprint density at radius 1 is 1.17 bits per heavy atom. The molecule has 0 spiro atoms. The van der Waals surface area contributed by atoms with Gasteiger partial charge >= 0.3 is 6.03 Å². The summed E-state index contributed by atoms with van der Waals surface area (Å²) in [6, 6.07) is 12.8. The molecule has 3 aromatic rings. The first-order valence-corrected chi connectivity index (χ1v) is 15.0. The molecule has 3 amide bonds. The van der Waals surface area contributed by atoms with E-state index in [4.69, 9.17) is 9.47 Å². The number of nitrogens with one attached hydrogen (secondary N) is 2. The number of halogens is 1. The number of aromatic nitrogens is 2. The van der Waals surface area contributed by atoms with Gasteiger partial charge in [-0.2, -0.15) is 0 Å². The maximum atomic E-state index is 12.9. The predicted octanol–water partition coefficient (Wildman–Crippen LogP) is 5.67. The van der Waals surface area contributed by atoms with E-state index in [1.807, 2.05) is 38.1 Å². The average Bonchev–Trinajstić information content (AvgIpc) is 2.99. The van der Waals surface area contributed by atoms with Crippen molar-refractivity contribution < 1.29 is 19.1 Å². The molecule has 2 aromatic carbocycles. The van der Waals surface area contributed by atoms with Gasteiger partial charge in [0.15, 0.2) is 5.82 Å². The number of carbonyl (C=O) groups is 2. The third-order valence-electron chi connectivity index (χ3n) is 6.25. The highest BCUT2D eigenvalue weighted by Gasteiger charge is 2.32. The molecule has 10 nitrogen and oxygen atoms in total. The van der Waals surface area contributed by atoms with Gasteiger partial charge in [-0.25, -0.2) is 19.7 Å². The molecular formula is C29H33BrN6O4S. The van der Waals surface area contributed by atoms with Crippen molar-refractivity contribution in [3.05, 3.63) is 71.0 Å². The lowest BCUT2D eigenvalue weighted by Crippen LogP contribution is -2.41. The predicted molar refractivity (Wildman–Crippen MR) is 166 cm³/mol. The topological polar surface area (TPSA) is 109 Å². The van der Waals surface area contributed by atoms with Crippen LogP contribution in [-0.2, 0) is 16.1 Å². The molecule has 1 fully saturated rings. The third kappa shape index (κ3) is 7.45. The van der Waals surface area contributed by atoms with Crippen LogP contribution in [0.25, 0.3) is 5.70 Å². The Labute approximate surface area is 252 Å². The lowest BCUT2D eigenvalue weighted by atomic mass is 10.1. The Balaban J connectivity index is 0.00000189. The van der Waals surface area contributed by atoms with Gasteiger partial charge in [-0.05, 0) is 45.8 Å². The molecule has 0 atom stereocenters. The fraction of sp³-hybridized carbons (Fsp3) is 0.310. The van der Waals surface area contributed by atoms with E-state index in [0.717, 1.165) is 43.0 Å². The molecule has 0 saturated carbocycles. The van der Waals surface area contributed by atoms with Crippen molar-refractivity contribution in [2.45, 2.75) is 25.4 Å². The van der Waals surface area contributed by atoms with Crippen LogP contribution in [0.2, 0.25) is 0 Å². The van der Waals surface area contributed by atoms with Gasteiger partial charge in [0.05, 0.1) is 41.8 Å². The fourth-order valence-electron chi connectivity index (χ4n) is 4.32. The summed E-state index contributed by atoms with van der Waals surface area (Å²) in [7, 11) is 1.55. The lowest BCUT2D eigenvalue weighted by molar-refractivity contribution is -0.113. The number of hydrogen-bond donors (Lipinski definition) is 2. The number of fused-ring (bicyclic) bond motifs is 1. The van der Waals surface area contributed by atoms with Crippen LogP contribution in [-0.4, -0.2) is 66.0 Å². The number of ether oxygens (including phenoxy) is 2. The number of amides is 3. The van der Waals surface area contributed by atoms with Crippen molar-refractivity contribution in [2.24, 2.45) is 0 Å². The van der Waals surface area contributed by atoms with E-state index in [1.165, 1.54) is 28.6 Å². The SMILES string of the molecule is C=C1NC(=O)N(c2ccc(Br)c(OC)c2)c2ncnc(SCC(=O)Nc3ccc(CN4CCOCC4)cc3)c21.CC. The van der Waals surface area contributed by atoms with Crippen LogP contribution in [0.15, 0.2) is 64.9 Å². The molecule has 2 aliphatic heterocycles. The maximum Gasteiger partial charge on any atom is 0.332 e. The van der Waals surface area contributed by atoms with Gasteiger partial charge in [0.1, 0.15) is 17.1 Å². The zero-order chi connectivity index (χ0) is 29.4. The van der Waals surface area contributed by atoms with Crippen LogP contribution in [0.1, 0.15) is 25.0 Å². The number of nitrogens with zero attached hydrogens (tertiary/aromatic N) is 4. The van der Waals surface area contributed by atoms with E-state index in [2.05, 4.69) is 48.0 Å². The standard InChI is InChI=1S/C27H27BrN6O4S.C2H6/c1-17-24-25(34(27(36)31-17)20-7-8-21(28)22(13-20)37-2)29-16-30-26(24)39-15-23(35)32-19-5-3-18(4-6-19)14-33-9-11-38-12-10-33;1-2/h3-8,13,16H,1,9-12,14-15H2,2H3,(H,31,36)(H,32,35);1-2H3. The Bertz CT molecular complexity index is 1400. The summed E-state index contributed by atoms with van der Waals surface area (Å²) < 4.78 is 11.5. The highest BCUT2D eigenvalue weighted by atomic mass is 79.9. The van der Waals surface area contributed by atoms with E-state index >= 15 is 0 Å². The monoisotopic (exact) mass is 640 g/mol. The minimum Gasteiger partial charge on any atom is -0.495 e. The zero-order valence-electron chi connectivity index (χ0n) is 23.3. The number of hydrogen-bond acceptors (Lipinski definition) is 8. The van der Waals surface area contributed by atoms with Gasteiger partial charge in [0.2, 0.25) is 5.91 Å². The first kappa shape index (κ1) is 30.5. The number of carbonyl (C=O) groups excluding carboxylic acids is 2. The third-order valence-corrected chi connectivity index (χ3v) is 7.89. The second-order valence-corrected chi connectivity index (χ2v) is 10.7. The molecule has 0 aliphatic carbocycles. The van der Waals surface area contributed by atoms with E-state index in [0.29, 0.717) is 33.5 Å². The second kappa shape index (κ2) is 14.4. The number of benzene rings is 2. The number of urea groups is 1. The van der Waals surface area contributed by atoms with Crippen molar-refractivity contribution in [2.75, 3.05) is 49.4 Å². The van der Waals surface area contributed by atoms with E-state index in [9.17, 15) is 9.59 Å². The number of thioether (sulfide) groups is 1. The average molecular weight is 642 g/mol. The van der Waals surface area contributed by atoms with Gasteiger partial charge in [-0.1, -0.05) is 44.3 Å². The molecule has 0 bridgehead atoms. The molecule has 3 heterocycles. The summed E-state index contributed by atoms with van der Waals surface area (Å²) in [6.07, 6.45) is 1.38. The number of anilines is 3. The van der Waals surface area contributed by atoms with E-state index in [-0.39, 0.29) is 11.7 Å². The van der Waals surface area contributed by atoms with Crippen LogP contribution < -0.4 is 20.3 Å². The number of methoxy groups -OCH3 is 1. The Hall–Kier alpha value is -3.45. The van der Waals surface area contributed by atoms with Crippen LogP contribution in [0.3, 0.4) is 0 Å². The molecule has 0 unspecified atom stereocenters. The van der Waals surface area contributed by atoms with Crippen molar-refractivity contribution in [1.29, 1.82) is 0 Å². The lowest BCUT2D eigenvalue weighted by Gasteiger charge is -2.30. The van der Waals surface area contributed by atoms with Crippen molar-refractivity contribution in [3.63, 3.8) is 0 Å². The first-order chi connectivity index (χ1) is 19.9. The summed E-state index contributed by atoms with van der Waals surface area (Å²) in [4.78, 5) is 38.2. The molecule has 12 heteroatoms. The van der Waals surface area contributed by atoms with Crippen LogP contribution in [0, 0.1) is 0 Å². The van der Waals surface area contributed by atoms with Crippen molar-refractivity contribution in [1.82, 2.24) is 20.2 Å². The molecular weight excluding hydrogens is 608 g/mol. The fourth-order valence-corrected chi connectivity index (χ4v) is 5.55. The molecule has 5 rings (SSSR count). The van der Waals surface area contributed by atoms with Crippen molar-refractivity contribution in [3.8, 4) is 5.75 Å². The molecule has 2 N–H and O–H groups in total. The Morgan fingerprint density at radius 2 is 1.90 bits per heavy atom. The minimum atomic E-state index is -0.402. The van der Waals surface area contributed by atoms with Crippen LogP contribution in [0.5, 0.6) is 5.75 Å². The normalized spacial score (nSPS) is 14.9. The van der Waals surface area contributed by atoms with Gasteiger partial charge in [-0.15, -0.1) is 0 Å². The molecule has 216 valence electrons. The number of rotatable bonds is 8. The molecule has 41 heavy (non-hydrogen) atoms. The molecule has 2 aliphatic rings. The van der Waals surface area contributed by atoms with Gasteiger partial charge < -0.3 is 20.1 Å². The van der Waals surface area contributed by atoms with Crippen LogP contribution >= 0.6 is 27.7 Å². The zero-order valence-corrected chi connectivity index (χ0v) is 25.7. The highest BCUT2D eigenvalue weighted by molar-refractivity contribution is 9.10. The van der Waals surface area contributed by atoms with E-state index < -0.39 is 6.03 Å². The Morgan fingerprint density at radius 3 is 2.61 bits per heavy atom. The molecule has 1 saturated heterocycles. The first-order valence-electron chi connectivity index (χ1n) is 13.2. The summed E-state index contributed by atoms with van der Waals surface area (Å²) in [5.74, 6) is 0.891. The maximum absolute atomic E-state index is 12.9. The largest absolute Gasteiger partial charge is 0.495 e. The summed E-state index contributed by atoms with van der Waals surface area (Å²) in [6.45, 7) is 12.2. The van der Waals surface area contributed by atoms with E-state index in [1.54, 1.807) is 25.3 Å². The quantitative estimate of drug-likeness (QED) is 0.239. The summed E-state index contributed by atoms with van der Waals surface area (Å²) in [5, 5.41) is 6.25. The number of morpholine rings is 1. The summed E-state index contributed by atoms with van der Waals surface area (Å²) in [5.41, 5.74) is 3.40. The smallest absolute Gasteiger partial charge is 0.332 e. The van der Waals surface area contributed by atoms with Crippen molar-refractivity contribution >= 4 is 62.5 Å². The van der Waals surface area contributed by atoms with Gasteiger partial charge in [-0.3, -0.25) is 9.69 Å². The second-order valence-electron chi connectivity index (χ2n) is 8.86. The van der Waals surface area contributed by atoms with Gasteiger partial charge in [0, 0.05) is 37.1 Å². The minimum absolute atomic E-state index is 0.117. The summed E-state index contributed by atoms with van der Waals surface area (Å²) >= 11 is 4.68. The Kier molecular flexibility index (Phi) is 10.7. The molecule has 0 radical (unpaired) electrons. The highest BCUT2D eigenvalue weighted by Crippen LogP contribution is 2.40. The van der Waals surface area contributed by atoms with Gasteiger partial charge in [0.25, 0.3) is 0 Å². The molecule has 1 aromatic heterocycles.